The number of amides is 3. The molecule has 0 spiro atoms. The van der Waals surface area contributed by atoms with E-state index in [0.29, 0.717) is 23.7 Å². The van der Waals surface area contributed by atoms with Gasteiger partial charge in [-0.1, -0.05) is 18.2 Å². The molecule has 0 aliphatic carbocycles. The van der Waals surface area contributed by atoms with E-state index in [4.69, 9.17) is 9.47 Å². The number of ether oxygens (including phenoxy) is 2. The molecular weight excluding hydrogens is 466 g/mol. The van der Waals surface area contributed by atoms with Crippen molar-refractivity contribution in [3.8, 4) is 11.5 Å². The zero-order chi connectivity index (χ0) is 25.8. The minimum absolute atomic E-state index is 0.201. The number of fused-ring (bicyclic) bond motifs is 1. The topological polar surface area (TPSA) is 138 Å². The first kappa shape index (κ1) is 24.4. The van der Waals surface area contributed by atoms with Crippen molar-refractivity contribution in [1.29, 1.82) is 0 Å². The van der Waals surface area contributed by atoms with Crippen molar-refractivity contribution < 1.29 is 33.8 Å². The predicted octanol–water partition coefficient (Wildman–Crippen LogP) is 2.22. The van der Waals surface area contributed by atoms with Gasteiger partial charge >= 0.3 is 0 Å². The predicted molar refractivity (Wildman–Crippen MR) is 126 cm³/mol. The Morgan fingerprint density at radius 3 is 2.33 bits per heavy atom. The summed E-state index contributed by atoms with van der Waals surface area (Å²) in [5, 5.41) is 13.9. The number of pyridine rings is 1. The molecule has 1 unspecified atom stereocenters. The Kier molecular flexibility index (Phi) is 6.95. The maximum atomic E-state index is 13.3. The zero-order valence-electron chi connectivity index (χ0n) is 19.5. The van der Waals surface area contributed by atoms with Gasteiger partial charge in [0.25, 0.3) is 11.8 Å². The molecule has 1 aliphatic rings. The molecule has 1 aliphatic heterocycles. The summed E-state index contributed by atoms with van der Waals surface area (Å²) in [6.45, 7) is 2.13. The summed E-state index contributed by atoms with van der Waals surface area (Å²) in [6.07, 6.45) is 0.952. The lowest BCUT2D eigenvalue weighted by atomic mass is 10.0. The Labute approximate surface area is 206 Å². The van der Waals surface area contributed by atoms with E-state index in [1.165, 1.54) is 25.4 Å². The third kappa shape index (κ3) is 4.61. The van der Waals surface area contributed by atoms with Gasteiger partial charge in [-0.2, -0.15) is 0 Å². The fourth-order valence-electron chi connectivity index (χ4n) is 4.05. The van der Waals surface area contributed by atoms with Gasteiger partial charge in [0.15, 0.2) is 11.5 Å². The maximum absolute atomic E-state index is 13.3. The van der Waals surface area contributed by atoms with Gasteiger partial charge in [-0.3, -0.25) is 19.3 Å². The van der Waals surface area contributed by atoms with E-state index in [1.54, 1.807) is 49.4 Å². The molecule has 1 aromatic heterocycles. The monoisotopic (exact) mass is 488 g/mol. The number of aromatic nitrogens is 1. The van der Waals surface area contributed by atoms with Crippen LogP contribution in [0.1, 0.15) is 56.0 Å². The zero-order valence-corrected chi connectivity index (χ0v) is 19.5. The fraction of sp³-hybridized carbons (Fsp3) is 0.192. The van der Waals surface area contributed by atoms with Crippen LogP contribution in [0.4, 0.5) is 5.82 Å². The molecule has 3 aromatic rings. The summed E-state index contributed by atoms with van der Waals surface area (Å²) >= 11 is 0. The van der Waals surface area contributed by atoms with Crippen LogP contribution in [-0.2, 0) is 4.79 Å². The summed E-state index contributed by atoms with van der Waals surface area (Å²) in [5.74, 6) is -2.64. The number of hydrogen-bond acceptors (Lipinski definition) is 8. The number of carbonyl (C=O) groups is 4. The van der Waals surface area contributed by atoms with Gasteiger partial charge < -0.3 is 24.7 Å². The van der Waals surface area contributed by atoms with E-state index in [-0.39, 0.29) is 28.9 Å². The van der Waals surface area contributed by atoms with Crippen LogP contribution in [0.5, 0.6) is 11.5 Å². The van der Waals surface area contributed by atoms with Crippen molar-refractivity contribution in [3.63, 3.8) is 0 Å². The van der Waals surface area contributed by atoms with Gasteiger partial charge in [-0.15, -0.1) is 0 Å². The summed E-state index contributed by atoms with van der Waals surface area (Å²) < 4.78 is 11.0. The van der Waals surface area contributed by atoms with Crippen LogP contribution >= 0.6 is 0 Å². The Balaban J connectivity index is 1.73. The van der Waals surface area contributed by atoms with Gasteiger partial charge in [0, 0.05) is 11.8 Å². The summed E-state index contributed by atoms with van der Waals surface area (Å²) in [5.41, 5.74) is 0.613. The summed E-state index contributed by atoms with van der Waals surface area (Å²) in [4.78, 5) is 55.9. The van der Waals surface area contributed by atoms with Gasteiger partial charge in [-0.05, 0) is 48.9 Å². The van der Waals surface area contributed by atoms with Crippen molar-refractivity contribution in [3.05, 3.63) is 83.0 Å². The van der Waals surface area contributed by atoms with Crippen molar-refractivity contribution in [2.45, 2.75) is 19.4 Å². The SMILES string of the molecule is CCOc1cc(C(CC(=O)Nc2ncccc2C(=O)[O-])N2C(=O)c3ccccc3C2=O)ccc1OC. The van der Waals surface area contributed by atoms with Gasteiger partial charge in [-0.25, -0.2) is 4.98 Å². The first-order valence-corrected chi connectivity index (χ1v) is 11.1. The molecule has 0 saturated carbocycles. The van der Waals surface area contributed by atoms with E-state index in [2.05, 4.69) is 10.3 Å². The van der Waals surface area contributed by atoms with Crippen LogP contribution in [0.2, 0.25) is 0 Å². The van der Waals surface area contributed by atoms with Gasteiger partial charge in [0.1, 0.15) is 5.82 Å². The number of nitrogens with zero attached hydrogens (tertiary/aromatic N) is 2. The van der Waals surface area contributed by atoms with Crippen LogP contribution in [0.25, 0.3) is 0 Å². The standard InChI is InChI=1S/C26H23N3O7/c1-3-36-21-13-15(10-11-20(21)35-2)19(29-24(31)16-7-4-5-8-17(16)25(29)32)14-22(30)28-23-18(26(33)34)9-6-12-27-23/h4-13,19H,3,14H2,1-2H3,(H,33,34)(H,27,28,30)/p-1. The van der Waals surface area contributed by atoms with E-state index in [9.17, 15) is 24.3 Å². The second-order valence-electron chi connectivity index (χ2n) is 7.82. The minimum Gasteiger partial charge on any atom is -0.545 e. The molecule has 0 radical (unpaired) electrons. The molecule has 10 heteroatoms. The molecule has 2 heterocycles. The fourth-order valence-corrected chi connectivity index (χ4v) is 4.05. The number of carboxylic acids is 1. The number of methoxy groups -OCH3 is 1. The van der Waals surface area contributed by atoms with Crippen LogP contribution in [0.3, 0.4) is 0 Å². The van der Waals surface area contributed by atoms with E-state index < -0.39 is 29.7 Å². The molecular formula is C26H22N3O7-. The highest BCUT2D eigenvalue weighted by atomic mass is 16.5. The lowest BCUT2D eigenvalue weighted by Crippen LogP contribution is -2.36. The highest BCUT2D eigenvalue weighted by Crippen LogP contribution is 2.37. The molecule has 184 valence electrons. The van der Waals surface area contributed by atoms with Crippen molar-refractivity contribution in [2.24, 2.45) is 0 Å². The van der Waals surface area contributed by atoms with Crippen LogP contribution in [0.15, 0.2) is 60.8 Å². The van der Waals surface area contributed by atoms with Crippen molar-refractivity contribution >= 4 is 29.5 Å². The average Bonchev–Trinajstić information content (AvgIpc) is 3.13. The van der Waals surface area contributed by atoms with Gasteiger partial charge in [0.05, 0.1) is 43.3 Å². The Morgan fingerprint density at radius 2 is 1.72 bits per heavy atom. The molecule has 36 heavy (non-hydrogen) atoms. The number of carboxylic acid groups (broad SMARTS) is 1. The number of anilines is 1. The Morgan fingerprint density at radius 1 is 1.03 bits per heavy atom. The number of imide groups is 1. The molecule has 0 bridgehead atoms. The molecule has 3 amide bonds. The normalized spacial score (nSPS) is 13.2. The lowest BCUT2D eigenvalue weighted by Gasteiger charge is -2.27. The number of nitrogens with one attached hydrogen (secondary N) is 1. The second-order valence-corrected chi connectivity index (χ2v) is 7.82. The van der Waals surface area contributed by atoms with Crippen molar-refractivity contribution in [2.75, 3.05) is 19.0 Å². The first-order valence-electron chi connectivity index (χ1n) is 11.1. The summed E-state index contributed by atoms with van der Waals surface area (Å²) in [7, 11) is 1.48. The summed E-state index contributed by atoms with van der Waals surface area (Å²) in [6, 6.07) is 12.9. The largest absolute Gasteiger partial charge is 0.545 e. The van der Waals surface area contributed by atoms with Gasteiger partial charge in [0.2, 0.25) is 5.91 Å². The number of aromatic carboxylic acids is 1. The first-order chi connectivity index (χ1) is 17.3. The molecule has 0 saturated heterocycles. The van der Waals surface area contributed by atoms with E-state index in [0.717, 1.165) is 4.90 Å². The highest BCUT2D eigenvalue weighted by molar-refractivity contribution is 6.21. The molecule has 4 rings (SSSR count). The Hall–Kier alpha value is -4.73. The molecule has 0 fully saturated rings. The Bertz CT molecular complexity index is 1320. The third-order valence-electron chi connectivity index (χ3n) is 5.67. The molecule has 1 atom stereocenters. The van der Waals surface area contributed by atoms with Crippen LogP contribution < -0.4 is 19.9 Å². The second kappa shape index (κ2) is 10.3. The van der Waals surface area contributed by atoms with Crippen LogP contribution in [-0.4, -0.2) is 47.3 Å². The maximum Gasteiger partial charge on any atom is 0.262 e. The quantitative estimate of drug-likeness (QED) is 0.453. The number of rotatable bonds is 9. The number of benzene rings is 2. The van der Waals surface area contributed by atoms with E-state index in [1.807, 2.05) is 0 Å². The van der Waals surface area contributed by atoms with Crippen molar-refractivity contribution in [1.82, 2.24) is 9.88 Å². The minimum atomic E-state index is -1.51. The van der Waals surface area contributed by atoms with Crippen LogP contribution in [0, 0.1) is 0 Å². The molecule has 2 aromatic carbocycles. The number of hydrogen-bond donors (Lipinski definition) is 1. The third-order valence-corrected chi connectivity index (χ3v) is 5.67. The average molecular weight is 488 g/mol. The highest BCUT2D eigenvalue weighted by Gasteiger charge is 2.41. The number of carbonyl (C=O) groups excluding carboxylic acids is 4. The van der Waals surface area contributed by atoms with E-state index >= 15 is 0 Å². The molecule has 1 N–H and O–H groups in total. The lowest BCUT2D eigenvalue weighted by molar-refractivity contribution is -0.254. The molecule has 10 nitrogen and oxygen atoms in total. The smallest absolute Gasteiger partial charge is 0.262 e.